The van der Waals surface area contributed by atoms with Gasteiger partial charge in [-0.2, -0.15) is 4.98 Å². The van der Waals surface area contributed by atoms with E-state index in [1.165, 1.54) is 0 Å². The SMILES string of the molecule is C=Nc1c(/C=C(\C)c2nc(-c3ccccc3OC)no2)nnn1C(C)C. The molecule has 0 aliphatic carbocycles. The minimum absolute atomic E-state index is 0.131. The maximum Gasteiger partial charge on any atom is 0.253 e. The van der Waals surface area contributed by atoms with E-state index in [-0.39, 0.29) is 6.04 Å². The lowest BCUT2D eigenvalue weighted by Crippen LogP contribution is -2.02. The van der Waals surface area contributed by atoms with E-state index in [0.29, 0.717) is 29.0 Å². The zero-order valence-electron chi connectivity index (χ0n) is 15.2. The molecule has 0 spiro atoms. The van der Waals surface area contributed by atoms with E-state index >= 15 is 0 Å². The lowest BCUT2D eigenvalue weighted by Gasteiger charge is -2.05. The van der Waals surface area contributed by atoms with Gasteiger partial charge in [0.05, 0.1) is 18.7 Å². The topological polar surface area (TPSA) is 91.2 Å². The van der Waals surface area contributed by atoms with Crippen molar-refractivity contribution in [1.82, 2.24) is 25.1 Å². The third-order valence-electron chi connectivity index (χ3n) is 3.80. The van der Waals surface area contributed by atoms with Crippen LogP contribution in [0.5, 0.6) is 5.75 Å². The predicted octanol–water partition coefficient (Wildman–Crippen LogP) is 3.81. The van der Waals surface area contributed by atoms with Crippen molar-refractivity contribution >= 4 is 24.2 Å². The molecule has 8 heteroatoms. The number of methoxy groups -OCH3 is 1. The molecule has 0 saturated heterocycles. The summed E-state index contributed by atoms with van der Waals surface area (Å²) < 4.78 is 12.4. The maximum absolute atomic E-state index is 5.39. The summed E-state index contributed by atoms with van der Waals surface area (Å²) in [6, 6.07) is 7.63. The summed E-state index contributed by atoms with van der Waals surface area (Å²) in [5.74, 6) is 2.13. The molecule has 0 N–H and O–H groups in total. The summed E-state index contributed by atoms with van der Waals surface area (Å²) in [6.45, 7) is 9.47. The normalized spacial score (nSPS) is 11.8. The monoisotopic (exact) mass is 352 g/mol. The van der Waals surface area contributed by atoms with Gasteiger partial charge in [-0.15, -0.1) is 5.10 Å². The van der Waals surface area contributed by atoms with Crippen LogP contribution in [-0.2, 0) is 0 Å². The highest BCUT2D eigenvalue weighted by molar-refractivity contribution is 5.79. The number of benzene rings is 1. The summed E-state index contributed by atoms with van der Waals surface area (Å²) >= 11 is 0. The van der Waals surface area contributed by atoms with E-state index in [0.717, 1.165) is 11.1 Å². The average Bonchev–Trinajstić information content (AvgIpc) is 3.28. The molecule has 2 aromatic heterocycles. The van der Waals surface area contributed by atoms with Crippen LogP contribution >= 0.6 is 0 Å². The lowest BCUT2D eigenvalue weighted by atomic mass is 10.2. The summed E-state index contributed by atoms with van der Waals surface area (Å²) in [5.41, 5.74) is 2.11. The van der Waals surface area contributed by atoms with Gasteiger partial charge in [-0.25, -0.2) is 9.67 Å². The van der Waals surface area contributed by atoms with Crippen molar-refractivity contribution in [2.45, 2.75) is 26.8 Å². The minimum Gasteiger partial charge on any atom is -0.496 e. The fourth-order valence-electron chi connectivity index (χ4n) is 2.48. The number of para-hydroxylation sites is 1. The lowest BCUT2D eigenvalue weighted by molar-refractivity contribution is 0.405. The van der Waals surface area contributed by atoms with Gasteiger partial charge in [-0.1, -0.05) is 22.5 Å². The number of aromatic nitrogens is 5. The number of nitrogens with zero attached hydrogens (tertiary/aromatic N) is 6. The Kier molecular flexibility index (Phi) is 4.92. The van der Waals surface area contributed by atoms with Crippen LogP contribution in [0.2, 0.25) is 0 Å². The van der Waals surface area contributed by atoms with Crippen molar-refractivity contribution in [1.29, 1.82) is 0 Å². The van der Waals surface area contributed by atoms with Gasteiger partial charge >= 0.3 is 0 Å². The molecule has 0 aliphatic rings. The second-order valence-corrected chi connectivity index (χ2v) is 5.95. The van der Waals surface area contributed by atoms with Crippen molar-refractivity contribution in [2.75, 3.05) is 7.11 Å². The molecule has 0 radical (unpaired) electrons. The van der Waals surface area contributed by atoms with Crippen LogP contribution in [0.15, 0.2) is 33.8 Å². The molecule has 3 rings (SSSR count). The highest BCUT2D eigenvalue weighted by Crippen LogP contribution is 2.29. The van der Waals surface area contributed by atoms with Crippen LogP contribution in [0.1, 0.15) is 38.4 Å². The first-order valence-electron chi connectivity index (χ1n) is 8.12. The van der Waals surface area contributed by atoms with Gasteiger partial charge in [0.25, 0.3) is 5.89 Å². The van der Waals surface area contributed by atoms with Crippen molar-refractivity contribution in [3.8, 4) is 17.1 Å². The summed E-state index contributed by atoms with van der Waals surface area (Å²) in [5, 5.41) is 12.3. The van der Waals surface area contributed by atoms with Crippen molar-refractivity contribution in [3.05, 3.63) is 35.9 Å². The van der Waals surface area contributed by atoms with Crippen LogP contribution in [0.25, 0.3) is 23.0 Å². The molecule has 0 bridgehead atoms. The Morgan fingerprint density at radius 1 is 1.35 bits per heavy atom. The minimum atomic E-state index is 0.131. The van der Waals surface area contributed by atoms with Gasteiger partial charge in [0.15, 0.2) is 5.82 Å². The molecule has 2 heterocycles. The molecular weight excluding hydrogens is 332 g/mol. The van der Waals surface area contributed by atoms with Crippen LogP contribution in [-0.4, -0.2) is 39.0 Å². The third kappa shape index (κ3) is 3.26. The van der Waals surface area contributed by atoms with Crippen molar-refractivity contribution < 1.29 is 9.26 Å². The number of allylic oxidation sites excluding steroid dienone is 1. The first-order valence-corrected chi connectivity index (χ1v) is 8.12. The molecule has 134 valence electrons. The number of rotatable bonds is 6. The molecule has 0 amide bonds. The van der Waals surface area contributed by atoms with E-state index in [1.807, 2.05) is 45.0 Å². The van der Waals surface area contributed by atoms with Crippen LogP contribution in [0.3, 0.4) is 0 Å². The van der Waals surface area contributed by atoms with Gasteiger partial charge in [-0.05, 0) is 45.7 Å². The quantitative estimate of drug-likeness (QED) is 0.627. The van der Waals surface area contributed by atoms with Crippen LogP contribution < -0.4 is 4.74 Å². The zero-order valence-corrected chi connectivity index (χ0v) is 15.2. The van der Waals surface area contributed by atoms with E-state index < -0.39 is 0 Å². The largest absolute Gasteiger partial charge is 0.496 e. The molecule has 0 unspecified atom stereocenters. The van der Waals surface area contributed by atoms with Crippen molar-refractivity contribution in [3.63, 3.8) is 0 Å². The van der Waals surface area contributed by atoms with Gasteiger partial charge in [0.1, 0.15) is 11.4 Å². The molecule has 0 aliphatic heterocycles. The van der Waals surface area contributed by atoms with Gasteiger partial charge < -0.3 is 9.26 Å². The molecule has 26 heavy (non-hydrogen) atoms. The third-order valence-corrected chi connectivity index (χ3v) is 3.80. The average molecular weight is 352 g/mol. The number of hydrogen-bond acceptors (Lipinski definition) is 7. The van der Waals surface area contributed by atoms with Gasteiger partial charge in [0, 0.05) is 5.57 Å². The Labute approximate surface area is 151 Å². The maximum atomic E-state index is 5.39. The van der Waals surface area contributed by atoms with E-state index in [1.54, 1.807) is 17.9 Å². The van der Waals surface area contributed by atoms with Gasteiger partial charge in [-0.3, -0.25) is 0 Å². The first kappa shape index (κ1) is 17.5. The fourth-order valence-corrected chi connectivity index (χ4v) is 2.48. The van der Waals surface area contributed by atoms with Crippen LogP contribution in [0.4, 0.5) is 5.82 Å². The van der Waals surface area contributed by atoms with Crippen LogP contribution in [0, 0.1) is 0 Å². The Morgan fingerprint density at radius 3 is 2.81 bits per heavy atom. The molecule has 3 aromatic rings. The van der Waals surface area contributed by atoms with Crippen molar-refractivity contribution in [2.24, 2.45) is 4.99 Å². The van der Waals surface area contributed by atoms with Gasteiger partial charge in [0.2, 0.25) is 5.82 Å². The Morgan fingerprint density at radius 2 is 2.12 bits per heavy atom. The number of hydrogen-bond donors (Lipinski definition) is 0. The molecule has 0 saturated carbocycles. The highest BCUT2D eigenvalue weighted by Gasteiger charge is 2.16. The first-order chi connectivity index (χ1) is 12.5. The Balaban J connectivity index is 1.95. The summed E-state index contributed by atoms with van der Waals surface area (Å²) in [4.78, 5) is 8.49. The second kappa shape index (κ2) is 7.30. The molecule has 1 aromatic carbocycles. The van der Waals surface area contributed by atoms with E-state index in [2.05, 4.69) is 32.2 Å². The standard InChI is InChI=1S/C18H20N6O2/c1-11(2)24-17(19-4)14(21-23-24)10-12(3)18-20-16(22-26-18)13-8-6-7-9-15(13)25-5/h6-11H,4H2,1-3,5H3/b12-10+. The summed E-state index contributed by atoms with van der Waals surface area (Å²) in [6.07, 6.45) is 1.80. The zero-order chi connectivity index (χ0) is 18.7. The Hall–Kier alpha value is -3.29. The number of ether oxygens (including phenoxy) is 1. The highest BCUT2D eigenvalue weighted by atomic mass is 16.5. The summed E-state index contributed by atoms with van der Waals surface area (Å²) in [7, 11) is 1.60. The second-order valence-electron chi connectivity index (χ2n) is 5.95. The Bertz CT molecular complexity index is 954. The van der Waals surface area contributed by atoms with E-state index in [4.69, 9.17) is 9.26 Å². The predicted molar refractivity (Wildman–Crippen MR) is 99.4 cm³/mol. The van der Waals surface area contributed by atoms with E-state index in [9.17, 15) is 0 Å². The molecule has 0 atom stereocenters. The number of aliphatic imine (C=N–C) groups is 1. The fraction of sp³-hybridized carbons (Fsp3) is 0.278. The molecule has 0 fully saturated rings. The smallest absolute Gasteiger partial charge is 0.253 e. The molecule has 8 nitrogen and oxygen atoms in total. The molecular formula is C18H20N6O2.